The third-order valence-corrected chi connectivity index (χ3v) is 6.77. The molecule has 164 valence electrons. The van der Waals surface area contributed by atoms with Gasteiger partial charge in [-0.3, -0.25) is 14.5 Å². The Bertz CT molecular complexity index is 1460. The fourth-order valence-electron chi connectivity index (χ4n) is 3.88. The summed E-state index contributed by atoms with van der Waals surface area (Å²) in [4.78, 5) is 32.0. The molecule has 0 aliphatic carbocycles. The first-order chi connectivity index (χ1) is 15.8. The molecule has 1 unspecified atom stereocenters. The van der Waals surface area contributed by atoms with E-state index in [2.05, 4.69) is 4.98 Å². The van der Waals surface area contributed by atoms with E-state index in [1.807, 2.05) is 6.92 Å². The molecule has 0 spiro atoms. The van der Waals surface area contributed by atoms with Crippen molar-refractivity contribution in [2.75, 3.05) is 4.90 Å². The number of halogens is 2. The van der Waals surface area contributed by atoms with Crippen molar-refractivity contribution in [1.82, 2.24) is 4.98 Å². The lowest BCUT2D eigenvalue weighted by atomic mass is 9.95. The van der Waals surface area contributed by atoms with E-state index < -0.39 is 23.5 Å². The van der Waals surface area contributed by atoms with E-state index in [1.165, 1.54) is 18.2 Å². The van der Waals surface area contributed by atoms with Crippen LogP contribution in [0.2, 0.25) is 5.02 Å². The second kappa shape index (κ2) is 8.10. The van der Waals surface area contributed by atoms with E-state index in [0.717, 1.165) is 21.8 Å². The van der Waals surface area contributed by atoms with Gasteiger partial charge in [0, 0.05) is 16.1 Å². The van der Waals surface area contributed by atoms with Gasteiger partial charge < -0.3 is 5.11 Å². The minimum absolute atomic E-state index is 0.0858. The minimum Gasteiger partial charge on any atom is -0.507 e. The summed E-state index contributed by atoms with van der Waals surface area (Å²) in [6.45, 7) is 1.89. The third-order valence-electron chi connectivity index (χ3n) is 5.51. The fraction of sp³-hybridized carbons (Fsp3) is 0.0800. The van der Waals surface area contributed by atoms with Gasteiger partial charge >= 0.3 is 5.91 Å². The Morgan fingerprint density at radius 3 is 2.55 bits per heavy atom. The number of Topliss-reactive ketones (excluding diaryl/α,β-unsaturated/α-hetero) is 1. The number of anilines is 1. The Kier molecular flexibility index (Phi) is 5.23. The van der Waals surface area contributed by atoms with Crippen molar-refractivity contribution < 1.29 is 19.1 Å². The molecule has 5 rings (SSSR count). The van der Waals surface area contributed by atoms with Crippen LogP contribution in [0.15, 0.2) is 72.3 Å². The maximum atomic E-state index is 14.9. The molecule has 1 atom stereocenters. The predicted molar refractivity (Wildman–Crippen MR) is 127 cm³/mol. The Morgan fingerprint density at radius 2 is 1.82 bits per heavy atom. The SMILES string of the molecule is Cc1ccc(/C(O)=C2\C(=O)C(=O)N(c3nc4ccc(Cl)cc4s3)C2c2ccccc2F)cc1. The van der Waals surface area contributed by atoms with E-state index in [9.17, 15) is 19.1 Å². The number of amides is 1. The van der Waals surface area contributed by atoms with Crippen molar-refractivity contribution in [2.24, 2.45) is 0 Å². The molecule has 1 N–H and O–H groups in total. The van der Waals surface area contributed by atoms with Crippen LogP contribution in [0, 0.1) is 12.7 Å². The Balaban J connectivity index is 1.75. The van der Waals surface area contributed by atoms with E-state index in [-0.39, 0.29) is 22.0 Å². The lowest BCUT2D eigenvalue weighted by Crippen LogP contribution is -2.29. The lowest BCUT2D eigenvalue weighted by Gasteiger charge is -2.23. The largest absolute Gasteiger partial charge is 0.507 e. The van der Waals surface area contributed by atoms with Crippen LogP contribution in [0.3, 0.4) is 0 Å². The van der Waals surface area contributed by atoms with Gasteiger partial charge in [-0.05, 0) is 31.2 Å². The molecule has 0 radical (unpaired) electrons. The zero-order valence-electron chi connectivity index (χ0n) is 17.3. The van der Waals surface area contributed by atoms with E-state index in [4.69, 9.17) is 11.6 Å². The van der Waals surface area contributed by atoms with Gasteiger partial charge in [-0.1, -0.05) is 71.0 Å². The van der Waals surface area contributed by atoms with Gasteiger partial charge in [0.05, 0.1) is 15.8 Å². The van der Waals surface area contributed by atoms with Gasteiger partial charge in [0.2, 0.25) is 0 Å². The molecule has 33 heavy (non-hydrogen) atoms. The Labute approximate surface area is 197 Å². The normalized spacial score (nSPS) is 17.8. The molecule has 3 aromatic carbocycles. The second-order valence-corrected chi connectivity index (χ2v) is 9.11. The lowest BCUT2D eigenvalue weighted by molar-refractivity contribution is -0.132. The topological polar surface area (TPSA) is 70.5 Å². The number of carbonyl (C=O) groups excluding carboxylic acids is 2. The summed E-state index contributed by atoms with van der Waals surface area (Å²) in [5, 5.41) is 11.8. The van der Waals surface area contributed by atoms with Crippen LogP contribution in [-0.2, 0) is 9.59 Å². The summed E-state index contributed by atoms with van der Waals surface area (Å²) in [5.74, 6) is -2.76. The number of aliphatic hydroxyl groups is 1. The third kappa shape index (κ3) is 3.59. The molecular weight excluding hydrogens is 463 g/mol. The zero-order valence-corrected chi connectivity index (χ0v) is 18.8. The highest BCUT2D eigenvalue weighted by molar-refractivity contribution is 7.22. The molecule has 5 nitrogen and oxygen atoms in total. The predicted octanol–water partition coefficient (Wildman–Crippen LogP) is 6.02. The molecule has 0 saturated carbocycles. The van der Waals surface area contributed by atoms with Crippen LogP contribution < -0.4 is 4.90 Å². The number of aryl methyl sites for hydroxylation is 1. The summed E-state index contributed by atoms with van der Waals surface area (Å²) >= 11 is 7.24. The van der Waals surface area contributed by atoms with Gasteiger partial charge in [0.1, 0.15) is 17.6 Å². The van der Waals surface area contributed by atoms with E-state index >= 15 is 0 Å². The second-order valence-electron chi connectivity index (χ2n) is 7.67. The highest BCUT2D eigenvalue weighted by Crippen LogP contribution is 2.45. The molecule has 1 amide bonds. The van der Waals surface area contributed by atoms with Crippen molar-refractivity contribution in [3.63, 3.8) is 0 Å². The van der Waals surface area contributed by atoms with E-state index in [0.29, 0.717) is 20.8 Å². The van der Waals surface area contributed by atoms with Crippen LogP contribution >= 0.6 is 22.9 Å². The highest BCUT2D eigenvalue weighted by atomic mass is 35.5. The molecule has 1 saturated heterocycles. The summed E-state index contributed by atoms with van der Waals surface area (Å²) in [5.41, 5.74) is 1.81. The number of rotatable bonds is 3. The minimum atomic E-state index is -1.18. The van der Waals surface area contributed by atoms with Crippen molar-refractivity contribution in [1.29, 1.82) is 0 Å². The molecule has 1 fully saturated rings. The Hall–Kier alpha value is -3.55. The van der Waals surface area contributed by atoms with Gasteiger partial charge in [-0.25, -0.2) is 9.37 Å². The van der Waals surface area contributed by atoms with Crippen LogP contribution in [0.25, 0.3) is 16.0 Å². The zero-order chi connectivity index (χ0) is 23.3. The summed E-state index contributed by atoms with van der Waals surface area (Å²) in [7, 11) is 0. The number of ketones is 1. The summed E-state index contributed by atoms with van der Waals surface area (Å²) in [6.07, 6.45) is 0. The molecular formula is C25H16ClFN2O3S. The molecule has 2 heterocycles. The first-order valence-corrected chi connectivity index (χ1v) is 11.2. The number of hydrogen-bond acceptors (Lipinski definition) is 5. The number of fused-ring (bicyclic) bond motifs is 1. The fourth-order valence-corrected chi connectivity index (χ4v) is 5.15. The number of nitrogens with zero attached hydrogens (tertiary/aromatic N) is 2. The van der Waals surface area contributed by atoms with Crippen LogP contribution in [0.4, 0.5) is 9.52 Å². The first kappa shape index (κ1) is 21.3. The van der Waals surface area contributed by atoms with Crippen molar-refractivity contribution in [3.05, 3.63) is 99.8 Å². The highest BCUT2D eigenvalue weighted by Gasteiger charge is 2.49. The quantitative estimate of drug-likeness (QED) is 0.222. The maximum absolute atomic E-state index is 14.9. The summed E-state index contributed by atoms with van der Waals surface area (Å²) in [6, 6.07) is 16.6. The number of hydrogen-bond donors (Lipinski definition) is 1. The average Bonchev–Trinajstić information content (AvgIpc) is 3.32. The monoisotopic (exact) mass is 478 g/mol. The van der Waals surface area contributed by atoms with E-state index in [1.54, 1.807) is 48.5 Å². The molecule has 1 aliphatic heterocycles. The summed E-state index contributed by atoms with van der Waals surface area (Å²) < 4.78 is 15.7. The molecule has 1 aliphatic rings. The number of aromatic nitrogens is 1. The van der Waals surface area contributed by atoms with Crippen molar-refractivity contribution in [3.8, 4) is 0 Å². The standard InChI is InChI=1S/C25H16ClFN2O3S/c1-13-6-8-14(9-7-13)22(30)20-21(16-4-2-3-5-17(16)27)29(24(32)23(20)31)25-28-18-11-10-15(26)12-19(18)33-25/h2-12,21,30H,1H3/b22-20+. The smallest absolute Gasteiger partial charge is 0.301 e. The van der Waals surface area contributed by atoms with Crippen LogP contribution in [-0.4, -0.2) is 21.8 Å². The maximum Gasteiger partial charge on any atom is 0.301 e. The van der Waals surface area contributed by atoms with Gasteiger partial charge in [-0.15, -0.1) is 0 Å². The van der Waals surface area contributed by atoms with Gasteiger partial charge in [0.25, 0.3) is 5.78 Å². The molecule has 1 aromatic heterocycles. The average molecular weight is 479 g/mol. The molecule has 8 heteroatoms. The van der Waals surface area contributed by atoms with Crippen molar-refractivity contribution in [2.45, 2.75) is 13.0 Å². The number of aliphatic hydroxyl groups excluding tert-OH is 1. The first-order valence-electron chi connectivity index (χ1n) is 10.0. The van der Waals surface area contributed by atoms with Gasteiger partial charge in [-0.2, -0.15) is 0 Å². The molecule has 4 aromatic rings. The Morgan fingerprint density at radius 1 is 1.09 bits per heavy atom. The van der Waals surface area contributed by atoms with Gasteiger partial charge in [0.15, 0.2) is 5.13 Å². The number of thiazole rings is 1. The molecule has 0 bridgehead atoms. The number of carbonyl (C=O) groups is 2. The van der Waals surface area contributed by atoms with Crippen LogP contribution in [0.5, 0.6) is 0 Å². The van der Waals surface area contributed by atoms with Crippen molar-refractivity contribution >= 4 is 55.7 Å². The van der Waals surface area contributed by atoms with Crippen LogP contribution in [0.1, 0.15) is 22.7 Å². The number of benzene rings is 3.